The van der Waals surface area contributed by atoms with Crippen molar-refractivity contribution in [3.05, 3.63) is 103 Å². The van der Waals surface area contributed by atoms with E-state index in [1.54, 1.807) is 24.5 Å². The van der Waals surface area contributed by atoms with Crippen LogP contribution in [-0.2, 0) is 4.79 Å². The second-order valence-electron chi connectivity index (χ2n) is 10.1. The maximum atomic E-state index is 12.5. The summed E-state index contributed by atoms with van der Waals surface area (Å²) < 4.78 is 0. The van der Waals surface area contributed by atoms with Gasteiger partial charge in [0.25, 0.3) is 5.91 Å². The van der Waals surface area contributed by atoms with E-state index < -0.39 is 0 Å². The van der Waals surface area contributed by atoms with E-state index in [1.807, 2.05) is 0 Å². The molecule has 7 heteroatoms. The van der Waals surface area contributed by atoms with E-state index in [4.69, 9.17) is 0 Å². The van der Waals surface area contributed by atoms with Crippen LogP contribution in [0.2, 0.25) is 0 Å². The number of piperazine rings is 1. The molecule has 1 unspecified atom stereocenters. The minimum atomic E-state index is -0.146. The molecule has 1 aliphatic rings. The summed E-state index contributed by atoms with van der Waals surface area (Å²) in [6, 6.07) is 3.54. The molecule has 0 aromatic carbocycles. The van der Waals surface area contributed by atoms with Crippen molar-refractivity contribution in [3.8, 4) is 0 Å². The van der Waals surface area contributed by atoms with Crippen molar-refractivity contribution in [1.82, 2.24) is 25.8 Å². The normalized spacial score (nSPS) is 15.6. The molecule has 1 aromatic rings. The number of pyridine rings is 1. The molecule has 3 N–H and O–H groups in total. The van der Waals surface area contributed by atoms with E-state index in [1.165, 1.54) is 0 Å². The molecule has 1 aromatic heterocycles. The topological polar surface area (TPSA) is 86.4 Å². The van der Waals surface area contributed by atoms with Crippen molar-refractivity contribution < 1.29 is 9.59 Å². The standard InChI is InChI=1S/C35H51N5O2/c1-2-3-4-5-6-7-8-9-10-11-12-13-14-15-16-17-18-19-20-23-34(41)38-30-33(40-27-25-36-26-28-40)31-39-35(42)32-22-21-24-37-29-32/h3-4,6-7,9-10,12-13,15-16,18-19,21-22,24,29,33,36H,2,5,8,11,14,17,20,23,25-28,30-31H2,1H3,(H,38,41)(H,39,42). The van der Waals surface area contributed by atoms with Crippen LogP contribution >= 0.6 is 0 Å². The molecule has 228 valence electrons. The van der Waals surface area contributed by atoms with Gasteiger partial charge in [-0.1, -0.05) is 79.8 Å². The molecule has 0 spiro atoms. The third-order valence-corrected chi connectivity index (χ3v) is 6.76. The average Bonchev–Trinajstić information content (AvgIpc) is 3.03. The Hall–Kier alpha value is -3.55. The Morgan fingerprint density at radius 3 is 1.93 bits per heavy atom. The SMILES string of the molecule is CCC=CCC=CCC=CCC=CCC=CCC=CCCC(=O)NCC(CNC(=O)c1cccnc1)N1CCNCC1. The van der Waals surface area contributed by atoms with Crippen LogP contribution in [0.25, 0.3) is 0 Å². The zero-order chi connectivity index (χ0) is 29.9. The highest BCUT2D eigenvalue weighted by atomic mass is 16.2. The summed E-state index contributed by atoms with van der Waals surface area (Å²) in [6.45, 7) is 6.73. The van der Waals surface area contributed by atoms with Crippen molar-refractivity contribution in [3.63, 3.8) is 0 Å². The van der Waals surface area contributed by atoms with Gasteiger partial charge in [-0.25, -0.2) is 0 Å². The molecule has 0 saturated carbocycles. The summed E-state index contributed by atoms with van der Waals surface area (Å²) in [5.41, 5.74) is 0.539. The predicted octanol–water partition coefficient (Wildman–Crippen LogP) is 5.68. The molecule has 2 amide bonds. The Labute approximate surface area is 253 Å². The number of carbonyl (C=O) groups excluding carboxylic acids is 2. The summed E-state index contributed by atoms with van der Waals surface area (Å²) >= 11 is 0. The lowest BCUT2D eigenvalue weighted by atomic mass is 10.2. The maximum Gasteiger partial charge on any atom is 0.252 e. The molecule has 1 saturated heterocycles. The van der Waals surface area contributed by atoms with Gasteiger partial charge in [0, 0.05) is 64.1 Å². The van der Waals surface area contributed by atoms with E-state index in [-0.39, 0.29) is 17.9 Å². The van der Waals surface area contributed by atoms with Crippen LogP contribution in [0.15, 0.2) is 97.4 Å². The van der Waals surface area contributed by atoms with Crippen LogP contribution in [-0.4, -0.2) is 67.0 Å². The molecule has 7 nitrogen and oxygen atoms in total. The van der Waals surface area contributed by atoms with Crippen molar-refractivity contribution >= 4 is 11.8 Å². The third-order valence-electron chi connectivity index (χ3n) is 6.76. The Morgan fingerprint density at radius 2 is 1.38 bits per heavy atom. The van der Waals surface area contributed by atoms with Crippen LogP contribution in [0.5, 0.6) is 0 Å². The van der Waals surface area contributed by atoms with Crippen molar-refractivity contribution in [2.75, 3.05) is 39.3 Å². The molecule has 0 radical (unpaired) electrons. The fourth-order valence-electron chi connectivity index (χ4n) is 4.36. The van der Waals surface area contributed by atoms with Crippen LogP contribution in [0.3, 0.4) is 0 Å². The zero-order valence-corrected chi connectivity index (χ0v) is 25.4. The van der Waals surface area contributed by atoms with Gasteiger partial charge >= 0.3 is 0 Å². The van der Waals surface area contributed by atoms with Crippen molar-refractivity contribution in [2.24, 2.45) is 0 Å². The molecule has 42 heavy (non-hydrogen) atoms. The van der Waals surface area contributed by atoms with Crippen LogP contribution in [0, 0.1) is 0 Å². The second kappa shape index (κ2) is 24.1. The van der Waals surface area contributed by atoms with Gasteiger partial charge in [-0.05, 0) is 57.1 Å². The quantitative estimate of drug-likeness (QED) is 0.175. The molecule has 2 rings (SSSR count). The van der Waals surface area contributed by atoms with Gasteiger partial charge in [0.1, 0.15) is 0 Å². The Bertz CT molecular complexity index is 1040. The number of nitrogens with zero attached hydrogens (tertiary/aromatic N) is 2. The highest BCUT2D eigenvalue weighted by Crippen LogP contribution is 2.03. The van der Waals surface area contributed by atoms with Crippen molar-refractivity contribution in [2.45, 2.75) is 64.3 Å². The minimum Gasteiger partial charge on any atom is -0.354 e. The number of hydrogen-bond donors (Lipinski definition) is 3. The number of allylic oxidation sites excluding steroid dienone is 12. The van der Waals surface area contributed by atoms with Gasteiger partial charge in [-0.2, -0.15) is 0 Å². The lowest BCUT2D eigenvalue weighted by Crippen LogP contribution is -2.55. The fraction of sp³-hybridized carbons (Fsp3) is 0.457. The van der Waals surface area contributed by atoms with E-state index in [0.717, 1.165) is 64.7 Å². The lowest BCUT2D eigenvalue weighted by Gasteiger charge is -2.35. The minimum absolute atomic E-state index is 0.0354. The summed E-state index contributed by atoms with van der Waals surface area (Å²) in [5.74, 6) is -0.111. The van der Waals surface area contributed by atoms with E-state index in [2.05, 4.69) is 106 Å². The van der Waals surface area contributed by atoms with E-state index in [0.29, 0.717) is 31.5 Å². The van der Waals surface area contributed by atoms with E-state index in [9.17, 15) is 9.59 Å². The molecular formula is C35H51N5O2. The molecule has 1 atom stereocenters. The third kappa shape index (κ3) is 17.3. The van der Waals surface area contributed by atoms with Gasteiger partial charge < -0.3 is 16.0 Å². The van der Waals surface area contributed by atoms with Gasteiger partial charge in [-0.3, -0.25) is 19.5 Å². The smallest absolute Gasteiger partial charge is 0.252 e. The highest BCUT2D eigenvalue weighted by molar-refractivity contribution is 5.93. The number of carbonyl (C=O) groups is 2. The molecule has 0 aliphatic carbocycles. The van der Waals surface area contributed by atoms with Crippen LogP contribution in [0.1, 0.15) is 68.6 Å². The highest BCUT2D eigenvalue weighted by Gasteiger charge is 2.22. The summed E-state index contributed by atoms with van der Waals surface area (Å²) in [4.78, 5) is 31.3. The maximum absolute atomic E-state index is 12.5. The second-order valence-corrected chi connectivity index (χ2v) is 10.1. The summed E-state index contributed by atoms with van der Waals surface area (Å²) in [7, 11) is 0. The number of amides is 2. The molecule has 2 heterocycles. The first kappa shape index (κ1) is 34.7. The lowest BCUT2D eigenvalue weighted by molar-refractivity contribution is -0.121. The van der Waals surface area contributed by atoms with E-state index >= 15 is 0 Å². The largest absolute Gasteiger partial charge is 0.354 e. The van der Waals surface area contributed by atoms with Gasteiger partial charge in [0.2, 0.25) is 5.91 Å². The fourth-order valence-corrected chi connectivity index (χ4v) is 4.36. The van der Waals surface area contributed by atoms with Crippen LogP contribution < -0.4 is 16.0 Å². The van der Waals surface area contributed by atoms with Gasteiger partial charge in [0.15, 0.2) is 0 Å². The van der Waals surface area contributed by atoms with Gasteiger partial charge in [-0.15, -0.1) is 0 Å². The Kier molecular flexibility index (Phi) is 19.9. The zero-order valence-electron chi connectivity index (χ0n) is 25.4. The predicted molar refractivity (Wildman–Crippen MR) is 175 cm³/mol. The monoisotopic (exact) mass is 573 g/mol. The number of nitrogens with one attached hydrogen (secondary N) is 3. The first-order valence-electron chi connectivity index (χ1n) is 15.5. The average molecular weight is 574 g/mol. The number of aromatic nitrogens is 1. The Morgan fingerprint density at radius 1 is 0.833 bits per heavy atom. The van der Waals surface area contributed by atoms with Gasteiger partial charge in [0.05, 0.1) is 5.56 Å². The summed E-state index contributed by atoms with van der Waals surface area (Å²) in [5, 5.41) is 9.43. The van der Waals surface area contributed by atoms with Crippen LogP contribution in [0.4, 0.5) is 0 Å². The number of rotatable bonds is 20. The summed E-state index contributed by atoms with van der Waals surface area (Å²) in [6.07, 6.45) is 36.4. The number of hydrogen-bond acceptors (Lipinski definition) is 5. The molecule has 1 fully saturated rings. The molecular weight excluding hydrogens is 522 g/mol. The Balaban J connectivity index is 1.56. The molecule has 1 aliphatic heterocycles. The molecule has 0 bridgehead atoms. The first-order valence-corrected chi connectivity index (χ1v) is 15.5. The first-order chi connectivity index (χ1) is 20.7. The van der Waals surface area contributed by atoms with Crippen molar-refractivity contribution in [1.29, 1.82) is 0 Å².